The minimum atomic E-state index is -0.780. The molecule has 0 aromatic heterocycles. The predicted molar refractivity (Wildman–Crippen MR) is 256 cm³/mol. The lowest BCUT2D eigenvalue weighted by molar-refractivity contribution is -0.167. The van der Waals surface area contributed by atoms with E-state index in [1.807, 2.05) is 0 Å². The quantitative estimate of drug-likeness (QED) is 0.0200. The molecule has 1 atom stereocenters. The highest BCUT2D eigenvalue weighted by molar-refractivity contribution is 5.71. The van der Waals surface area contributed by atoms with Crippen molar-refractivity contribution in [3.05, 3.63) is 60.8 Å². The van der Waals surface area contributed by atoms with Crippen LogP contribution in [0.5, 0.6) is 0 Å². The fourth-order valence-corrected chi connectivity index (χ4v) is 7.07. The molecule has 0 aromatic rings. The summed E-state index contributed by atoms with van der Waals surface area (Å²) in [7, 11) is 0. The van der Waals surface area contributed by atoms with E-state index in [0.29, 0.717) is 19.3 Å². The zero-order chi connectivity index (χ0) is 43.7. The van der Waals surface area contributed by atoms with Crippen LogP contribution in [0.25, 0.3) is 0 Å². The lowest BCUT2D eigenvalue weighted by Crippen LogP contribution is -2.30. The monoisotopic (exact) mass is 839 g/mol. The second kappa shape index (κ2) is 48.8. The molecule has 60 heavy (non-hydrogen) atoms. The maximum Gasteiger partial charge on any atom is 0.306 e. The van der Waals surface area contributed by atoms with Crippen molar-refractivity contribution in [2.45, 2.75) is 252 Å². The second-order valence-electron chi connectivity index (χ2n) is 16.7. The number of rotatable bonds is 45. The summed E-state index contributed by atoms with van der Waals surface area (Å²) < 4.78 is 16.8. The first kappa shape index (κ1) is 57.1. The molecular formula is C54H94O6. The summed E-state index contributed by atoms with van der Waals surface area (Å²) >= 11 is 0. The third-order valence-corrected chi connectivity index (χ3v) is 10.8. The van der Waals surface area contributed by atoms with Crippen molar-refractivity contribution in [2.24, 2.45) is 0 Å². The summed E-state index contributed by atoms with van der Waals surface area (Å²) in [6, 6.07) is 0. The van der Waals surface area contributed by atoms with Gasteiger partial charge in [-0.2, -0.15) is 0 Å². The van der Waals surface area contributed by atoms with Crippen LogP contribution < -0.4 is 0 Å². The number of unbranched alkanes of at least 4 members (excludes halogenated alkanes) is 26. The minimum absolute atomic E-state index is 0.0796. The van der Waals surface area contributed by atoms with Crippen molar-refractivity contribution in [2.75, 3.05) is 13.2 Å². The molecule has 0 saturated heterocycles. The van der Waals surface area contributed by atoms with Gasteiger partial charge in [0.25, 0.3) is 0 Å². The molecule has 346 valence electrons. The molecule has 0 aromatic carbocycles. The smallest absolute Gasteiger partial charge is 0.306 e. The van der Waals surface area contributed by atoms with E-state index in [1.165, 1.54) is 116 Å². The topological polar surface area (TPSA) is 78.9 Å². The van der Waals surface area contributed by atoms with Crippen LogP contribution in [0.1, 0.15) is 245 Å². The average Bonchev–Trinajstić information content (AvgIpc) is 3.24. The Morgan fingerprint density at radius 1 is 0.367 bits per heavy atom. The van der Waals surface area contributed by atoms with Crippen LogP contribution in [-0.4, -0.2) is 37.2 Å². The highest BCUT2D eigenvalue weighted by Gasteiger charge is 2.19. The third-order valence-electron chi connectivity index (χ3n) is 10.8. The normalized spacial score (nSPS) is 12.5. The van der Waals surface area contributed by atoms with Gasteiger partial charge in [0.2, 0.25) is 0 Å². The van der Waals surface area contributed by atoms with Gasteiger partial charge in [-0.1, -0.05) is 223 Å². The fraction of sp³-hybridized carbons (Fsp3) is 0.759. The van der Waals surface area contributed by atoms with Gasteiger partial charge < -0.3 is 14.2 Å². The van der Waals surface area contributed by atoms with Gasteiger partial charge in [0, 0.05) is 19.3 Å². The Morgan fingerprint density at radius 2 is 0.733 bits per heavy atom. The largest absolute Gasteiger partial charge is 0.462 e. The van der Waals surface area contributed by atoms with E-state index in [4.69, 9.17) is 14.2 Å². The van der Waals surface area contributed by atoms with Gasteiger partial charge in [-0.25, -0.2) is 0 Å². The molecule has 0 fully saturated rings. The Bertz CT molecular complexity index is 1100. The standard InChI is InChI=1S/C54H94O6/c1-4-7-10-13-16-19-22-25-27-30-32-35-38-41-44-47-53(56)59-50-51(49-58-52(55)46-43-40-37-34-31-28-24-21-18-15-12-9-6-3)60-54(57)48-45-42-39-36-33-29-26-23-20-17-14-11-8-5-2/h7-8,10-11,13,16-17,19-20,22,51H,4-6,9,12,14-15,18,21,23-50H2,1-3H3/b10-7-,11-8-,16-13-,20-17-,22-19-. The van der Waals surface area contributed by atoms with Crippen molar-refractivity contribution in [1.29, 1.82) is 0 Å². The maximum absolute atomic E-state index is 12.8. The van der Waals surface area contributed by atoms with E-state index < -0.39 is 6.10 Å². The van der Waals surface area contributed by atoms with E-state index in [9.17, 15) is 14.4 Å². The molecule has 0 bridgehead atoms. The molecule has 6 nitrogen and oxygen atoms in total. The Hall–Kier alpha value is -2.89. The van der Waals surface area contributed by atoms with Crippen molar-refractivity contribution >= 4 is 17.9 Å². The summed E-state index contributed by atoms with van der Waals surface area (Å²) in [6.45, 7) is 6.39. The molecule has 0 aliphatic carbocycles. The summed E-state index contributed by atoms with van der Waals surface area (Å²) in [4.78, 5) is 37.9. The van der Waals surface area contributed by atoms with E-state index in [1.54, 1.807) is 0 Å². The van der Waals surface area contributed by atoms with Gasteiger partial charge in [0.15, 0.2) is 6.10 Å². The highest BCUT2D eigenvalue weighted by atomic mass is 16.6. The lowest BCUT2D eigenvalue weighted by atomic mass is 10.0. The molecular weight excluding hydrogens is 745 g/mol. The van der Waals surface area contributed by atoms with E-state index >= 15 is 0 Å². The van der Waals surface area contributed by atoms with Crippen molar-refractivity contribution in [3.8, 4) is 0 Å². The van der Waals surface area contributed by atoms with Gasteiger partial charge >= 0.3 is 17.9 Å². The maximum atomic E-state index is 12.8. The summed E-state index contributed by atoms with van der Waals surface area (Å²) in [5.41, 5.74) is 0. The van der Waals surface area contributed by atoms with E-state index in [-0.39, 0.29) is 31.1 Å². The van der Waals surface area contributed by atoms with E-state index in [0.717, 1.165) is 89.9 Å². The van der Waals surface area contributed by atoms with Crippen molar-refractivity contribution < 1.29 is 28.6 Å². The summed E-state index contributed by atoms with van der Waals surface area (Å²) in [5.74, 6) is -0.896. The van der Waals surface area contributed by atoms with Crippen LogP contribution in [0.4, 0.5) is 0 Å². The average molecular weight is 839 g/mol. The molecule has 0 radical (unpaired) electrons. The number of hydrogen-bond donors (Lipinski definition) is 0. The van der Waals surface area contributed by atoms with Crippen molar-refractivity contribution in [3.63, 3.8) is 0 Å². The van der Waals surface area contributed by atoms with Crippen LogP contribution in [-0.2, 0) is 28.6 Å². The number of allylic oxidation sites excluding steroid dienone is 10. The molecule has 0 heterocycles. The van der Waals surface area contributed by atoms with Gasteiger partial charge in [0.05, 0.1) is 0 Å². The molecule has 0 amide bonds. The number of carbonyl (C=O) groups is 3. The number of esters is 3. The van der Waals surface area contributed by atoms with Gasteiger partial charge in [-0.3, -0.25) is 14.4 Å². The zero-order valence-corrected chi connectivity index (χ0v) is 39.5. The Kier molecular flexibility index (Phi) is 46.4. The first-order valence-electron chi connectivity index (χ1n) is 25.3. The SMILES string of the molecule is CC\C=C/C=C\C=C/CCCCCCCCCC(=O)OCC(COC(=O)CCCCCCCCCCCCCCC)OC(=O)CCCCCCCCC/C=C\C/C=C\CC. The van der Waals surface area contributed by atoms with Crippen LogP contribution in [0.3, 0.4) is 0 Å². The molecule has 0 rings (SSSR count). The highest BCUT2D eigenvalue weighted by Crippen LogP contribution is 2.15. The molecule has 0 N–H and O–H groups in total. The summed E-state index contributed by atoms with van der Waals surface area (Å²) in [5, 5.41) is 0. The number of ether oxygens (including phenoxy) is 3. The molecule has 6 heteroatoms. The predicted octanol–water partition coefficient (Wildman–Crippen LogP) is 16.5. The Balaban J connectivity index is 4.39. The van der Waals surface area contributed by atoms with Crippen LogP contribution in [0, 0.1) is 0 Å². The Labute approximate surface area is 370 Å². The number of hydrogen-bond acceptors (Lipinski definition) is 6. The fourth-order valence-electron chi connectivity index (χ4n) is 7.07. The van der Waals surface area contributed by atoms with E-state index in [2.05, 4.69) is 81.5 Å². The van der Waals surface area contributed by atoms with Gasteiger partial charge in [0.1, 0.15) is 13.2 Å². The first-order chi connectivity index (χ1) is 29.5. The third kappa shape index (κ3) is 46.2. The first-order valence-corrected chi connectivity index (χ1v) is 25.3. The minimum Gasteiger partial charge on any atom is -0.462 e. The van der Waals surface area contributed by atoms with Crippen LogP contribution in [0.2, 0.25) is 0 Å². The molecule has 0 aliphatic rings. The molecule has 0 saturated carbocycles. The number of carbonyl (C=O) groups excluding carboxylic acids is 3. The Morgan fingerprint density at radius 3 is 1.18 bits per heavy atom. The summed E-state index contributed by atoms with van der Waals surface area (Å²) in [6.07, 6.45) is 59.1. The molecule has 0 aliphatic heterocycles. The molecule has 1 unspecified atom stereocenters. The zero-order valence-electron chi connectivity index (χ0n) is 39.5. The van der Waals surface area contributed by atoms with Crippen LogP contribution in [0.15, 0.2) is 60.8 Å². The second-order valence-corrected chi connectivity index (χ2v) is 16.7. The lowest BCUT2D eigenvalue weighted by Gasteiger charge is -2.18. The van der Waals surface area contributed by atoms with Gasteiger partial charge in [-0.15, -0.1) is 0 Å². The van der Waals surface area contributed by atoms with Crippen molar-refractivity contribution in [1.82, 2.24) is 0 Å². The van der Waals surface area contributed by atoms with Crippen LogP contribution >= 0.6 is 0 Å². The van der Waals surface area contributed by atoms with Gasteiger partial charge in [-0.05, 0) is 64.2 Å². The molecule has 0 spiro atoms.